The zero-order chi connectivity index (χ0) is 13.2. The Balaban J connectivity index is 2.11. The summed E-state index contributed by atoms with van der Waals surface area (Å²) in [6, 6.07) is 15.3. The number of hydrogen-bond donors (Lipinski definition) is 1. The fourth-order valence-electron chi connectivity index (χ4n) is 1.76. The topological polar surface area (TPSA) is 51.8 Å². The maximum Gasteiger partial charge on any atom is 0.162 e. The minimum Gasteiger partial charge on any atom is -0.384 e. The molecule has 3 nitrogen and oxygen atoms in total. The maximum atomic E-state index is 5.95. The number of halogens is 1. The molecule has 3 aromatic rings. The molecule has 0 saturated carbocycles. The zero-order valence-electron chi connectivity index (χ0n) is 9.88. The summed E-state index contributed by atoms with van der Waals surface area (Å²) in [5.74, 6) is 1.08. The van der Waals surface area contributed by atoms with Gasteiger partial charge >= 0.3 is 0 Å². The van der Waals surface area contributed by atoms with Crippen LogP contribution in [-0.2, 0) is 0 Å². The summed E-state index contributed by atoms with van der Waals surface area (Å²) in [4.78, 5) is 9.81. The third kappa shape index (κ3) is 2.59. The lowest BCUT2D eigenvalue weighted by Crippen LogP contribution is -1.97. The van der Waals surface area contributed by atoms with Gasteiger partial charge in [-0.3, -0.25) is 0 Å². The first-order valence-electron chi connectivity index (χ1n) is 5.68. The Morgan fingerprint density at radius 2 is 1.79 bits per heavy atom. The fraction of sp³-hybridized carbons (Fsp3) is 0. The van der Waals surface area contributed by atoms with Crippen LogP contribution in [0.2, 0.25) is 4.34 Å². The van der Waals surface area contributed by atoms with E-state index < -0.39 is 0 Å². The first kappa shape index (κ1) is 12.1. The predicted octanol–water partition coefficient (Wildman–Crippen LogP) is 4.11. The molecule has 0 unspecified atom stereocenters. The number of nitrogens with zero attached hydrogens (tertiary/aromatic N) is 2. The Morgan fingerprint density at radius 1 is 1.00 bits per heavy atom. The number of thiophene rings is 1. The van der Waals surface area contributed by atoms with Crippen LogP contribution in [0.5, 0.6) is 0 Å². The summed E-state index contributed by atoms with van der Waals surface area (Å²) in [7, 11) is 0. The van der Waals surface area contributed by atoms with Crippen molar-refractivity contribution < 1.29 is 0 Å². The lowest BCUT2D eigenvalue weighted by atomic mass is 10.2. The molecular weight excluding hydrogens is 278 g/mol. The molecule has 5 heteroatoms. The van der Waals surface area contributed by atoms with Crippen molar-refractivity contribution >= 4 is 28.8 Å². The molecule has 2 aromatic heterocycles. The Kier molecular flexibility index (Phi) is 3.19. The minimum atomic E-state index is 0.452. The van der Waals surface area contributed by atoms with Gasteiger partial charge in [0.25, 0.3) is 0 Å². The highest BCUT2D eigenvalue weighted by Gasteiger charge is 2.08. The van der Waals surface area contributed by atoms with Crippen molar-refractivity contribution in [2.24, 2.45) is 0 Å². The number of aromatic nitrogens is 2. The highest BCUT2D eigenvalue weighted by molar-refractivity contribution is 7.19. The van der Waals surface area contributed by atoms with Crippen molar-refractivity contribution in [1.82, 2.24) is 9.97 Å². The van der Waals surface area contributed by atoms with Gasteiger partial charge in [-0.1, -0.05) is 41.9 Å². The average molecular weight is 288 g/mol. The highest BCUT2D eigenvalue weighted by atomic mass is 35.5. The average Bonchev–Trinajstić information content (AvgIpc) is 2.86. The van der Waals surface area contributed by atoms with E-state index in [9.17, 15) is 0 Å². The summed E-state index contributed by atoms with van der Waals surface area (Å²) >= 11 is 7.42. The van der Waals surface area contributed by atoms with Crippen LogP contribution < -0.4 is 5.73 Å². The molecule has 0 amide bonds. The van der Waals surface area contributed by atoms with Gasteiger partial charge in [-0.15, -0.1) is 11.3 Å². The van der Waals surface area contributed by atoms with E-state index in [-0.39, 0.29) is 0 Å². The van der Waals surface area contributed by atoms with Crippen molar-refractivity contribution in [2.45, 2.75) is 0 Å². The first-order chi connectivity index (χ1) is 9.22. The summed E-state index contributed by atoms with van der Waals surface area (Å²) in [5, 5.41) is 0. The van der Waals surface area contributed by atoms with Crippen molar-refractivity contribution in [3.8, 4) is 22.0 Å². The molecule has 0 aliphatic rings. The molecule has 0 fully saturated rings. The SMILES string of the molecule is Nc1cc(-c2ccc(Cl)s2)nc(-c2ccccc2)n1. The quantitative estimate of drug-likeness (QED) is 0.772. The first-order valence-corrected chi connectivity index (χ1v) is 6.87. The molecule has 0 atom stereocenters. The summed E-state index contributed by atoms with van der Waals surface area (Å²) in [6.07, 6.45) is 0. The molecule has 19 heavy (non-hydrogen) atoms. The third-order valence-corrected chi connectivity index (χ3v) is 3.86. The van der Waals surface area contributed by atoms with Crippen LogP contribution >= 0.6 is 22.9 Å². The van der Waals surface area contributed by atoms with E-state index >= 15 is 0 Å². The van der Waals surface area contributed by atoms with Gasteiger partial charge in [0.1, 0.15) is 5.82 Å². The summed E-state index contributed by atoms with van der Waals surface area (Å²) in [6.45, 7) is 0. The van der Waals surface area contributed by atoms with E-state index in [0.29, 0.717) is 11.6 Å². The van der Waals surface area contributed by atoms with Gasteiger partial charge in [-0.2, -0.15) is 0 Å². The van der Waals surface area contributed by atoms with Gasteiger partial charge < -0.3 is 5.73 Å². The molecule has 94 valence electrons. The second kappa shape index (κ2) is 4.99. The summed E-state index contributed by atoms with van der Waals surface area (Å²) in [5.41, 5.74) is 7.60. The van der Waals surface area contributed by atoms with Gasteiger partial charge in [0, 0.05) is 11.6 Å². The Bertz CT molecular complexity index is 710. The third-order valence-electron chi connectivity index (χ3n) is 2.60. The maximum absolute atomic E-state index is 5.95. The molecular formula is C14H10ClN3S. The Morgan fingerprint density at radius 3 is 2.47 bits per heavy atom. The van der Waals surface area contributed by atoms with E-state index in [4.69, 9.17) is 17.3 Å². The molecule has 0 saturated heterocycles. The lowest BCUT2D eigenvalue weighted by molar-refractivity contribution is 1.19. The standard InChI is InChI=1S/C14H10ClN3S/c15-12-7-6-11(19-12)10-8-13(16)18-14(17-10)9-4-2-1-3-5-9/h1-8H,(H2,16,17,18). The molecule has 2 N–H and O–H groups in total. The normalized spacial score (nSPS) is 10.6. The molecule has 3 rings (SSSR count). The number of hydrogen-bond acceptors (Lipinski definition) is 4. The van der Waals surface area contributed by atoms with Crippen LogP contribution in [0, 0.1) is 0 Å². The number of benzene rings is 1. The van der Waals surface area contributed by atoms with Crippen LogP contribution in [0.1, 0.15) is 0 Å². The van der Waals surface area contributed by atoms with Crippen molar-refractivity contribution in [1.29, 1.82) is 0 Å². The zero-order valence-corrected chi connectivity index (χ0v) is 11.4. The van der Waals surface area contributed by atoms with Crippen LogP contribution in [0.4, 0.5) is 5.82 Å². The summed E-state index contributed by atoms with van der Waals surface area (Å²) < 4.78 is 0.730. The number of anilines is 1. The van der Waals surface area contributed by atoms with Gasteiger partial charge in [0.15, 0.2) is 5.82 Å². The van der Waals surface area contributed by atoms with Gasteiger partial charge in [-0.25, -0.2) is 9.97 Å². The van der Waals surface area contributed by atoms with E-state index in [0.717, 1.165) is 20.5 Å². The number of nitrogen functional groups attached to an aromatic ring is 1. The van der Waals surface area contributed by atoms with E-state index in [1.807, 2.05) is 42.5 Å². The molecule has 2 heterocycles. The van der Waals surface area contributed by atoms with E-state index in [1.54, 1.807) is 6.07 Å². The lowest BCUT2D eigenvalue weighted by Gasteiger charge is -2.04. The van der Waals surface area contributed by atoms with Gasteiger partial charge in [0.2, 0.25) is 0 Å². The Labute approximate surface area is 119 Å². The minimum absolute atomic E-state index is 0.452. The molecule has 0 aliphatic heterocycles. The molecule has 0 bridgehead atoms. The van der Waals surface area contributed by atoms with Crippen LogP contribution in [0.25, 0.3) is 22.0 Å². The van der Waals surface area contributed by atoms with Gasteiger partial charge in [-0.05, 0) is 12.1 Å². The smallest absolute Gasteiger partial charge is 0.162 e. The fourth-order valence-corrected chi connectivity index (χ4v) is 2.76. The van der Waals surface area contributed by atoms with Crippen LogP contribution in [0.15, 0.2) is 48.5 Å². The Hall–Kier alpha value is -1.91. The second-order valence-corrected chi connectivity index (χ2v) is 5.69. The van der Waals surface area contributed by atoms with Crippen molar-refractivity contribution in [2.75, 3.05) is 5.73 Å². The highest BCUT2D eigenvalue weighted by Crippen LogP contribution is 2.31. The molecule has 0 aliphatic carbocycles. The predicted molar refractivity (Wildman–Crippen MR) is 80.2 cm³/mol. The number of nitrogens with two attached hydrogens (primary N) is 1. The van der Waals surface area contributed by atoms with Crippen LogP contribution in [-0.4, -0.2) is 9.97 Å². The van der Waals surface area contributed by atoms with Crippen molar-refractivity contribution in [3.63, 3.8) is 0 Å². The second-order valence-electron chi connectivity index (χ2n) is 3.97. The van der Waals surface area contributed by atoms with Crippen molar-refractivity contribution in [3.05, 3.63) is 52.9 Å². The van der Waals surface area contributed by atoms with Crippen LogP contribution in [0.3, 0.4) is 0 Å². The molecule has 0 spiro atoms. The van der Waals surface area contributed by atoms with E-state index in [1.165, 1.54) is 11.3 Å². The number of rotatable bonds is 2. The largest absolute Gasteiger partial charge is 0.384 e. The van der Waals surface area contributed by atoms with Gasteiger partial charge in [0.05, 0.1) is 14.9 Å². The monoisotopic (exact) mass is 287 g/mol. The van der Waals surface area contributed by atoms with E-state index in [2.05, 4.69) is 9.97 Å². The molecule has 0 radical (unpaired) electrons. The molecule has 1 aromatic carbocycles.